The number of nitrogens with two attached hydrogens (primary N) is 1. The summed E-state index contributed by atoms with van der Waals surface area (Å²) in [6.45, 7) is 9.34. The number of unbranched alkanes of at least 4 members (excludes halogenated alkanes) is 2. The molecule has 2 unspecified atom stereocenters. The number of alkyl carbamates (subject to hydrolysis) is 1. The molecule has 0 bridgehead atoms. The van der Waals surface area contributed by atoms with E-state index < -0.39 is 47.9 Å². The smallest absolute Gasteiger partial charge is 0.408 e. The van der Waals surface area contributed by atoms with E-state index in [0.717, 1.165) is 24.8 Å². The second-order valence-electron chi connectivity index (χ2n) is 10.8. The number of primary amides is 1. The summed E-state index contributed by atoms with van der Waals surface area (Å²) in [5.74, 6) is -1.20. The van der Waals surface area contributed by atoms with Crippen molar-refractivity contribution in [3.8, 4) is 5.75 Å². The van der Waals surface area contributed by atoms with Gasteiger partial charge in [0, 0.05) is 12.2 Å². The number of nitrogens with zero attached hydrogens (tertiary/aromatic N) is 1. The summed E-state index contributed by atoms with van der Waals surface area (Å²) in [5, 5.41) is 5.41. The summed E-state index contributed by atoms with van der Waals surface area (Å²) in [5.41, 5.74) is 6.83. The van der Waals surface area contributed by atoms with Gasteiger partial charge >= 0.3 is 6.09 Å². The van der Waals surface area contributed by atoms with Gasteiger partial charge in [0.25, 0.3) is 5.91 Å². The minimum atomic E-state index is -1.32. The van der Waals surface area contributed by atoms with E-state index in [2.05, 4.69) is 10.6 Å². The molecule has 2 rings (SSSR count). The number of anilines is 1. The van der Waals surface area contributed by atoms with Crippen LogP contribution in [-0.2, 0) is 25.5 Å². The van der Waals surface area contributed by atoms with E-state index in [4.69, 9.17) is 15.2 Å². The van der Waals surface area contributed by atoms with Gasteiger partial charge in [-0.1, -0.05) is 51.0 Å². The molecule has 224 valence electrons. The van der Waals surface area contributed by atoms with E-state index in [9.17, 15) is 19.2 Å². The van der Waals surface area contributed by atoms with Gasteiger partial charge in [-0.15, -0.1) is 0 Å². The van der Waals surface area contributed by atoms with E-state index in [1.54, 1.807) is 52.1 Å². The fourth-order valence-corrected chi connectivity index (χ4v) is 4.24. The summed E-state index contributed by atoms with van der Waals surface area (Å²) < 4.78 is 10.5. The van der Waals surface area contributed by atoms with E-state index in [0.29, 0.717) is 23.4 Å². The van der Waals surface area contributed by atoms with Gasteiger partial charge in [0.15, 0.2) is 0 Å². The van der Waals surface area contributed by atoms with Crippen molar-refractivity contribution in [3.63, 3.8) is 0 Å². The molecule has 0 saturated heterocycles. The first-order chi connectivity index (χ1) is 19.4. The largest absolute Gasteiger partial charge is 0.497 e. The maximum Gasteiger partial charge on any atom is 0.408 e. The number of carbonyl (C=O) groups excluding carboxylic acids is 4. The number of benzene rings is 2. The average molecular weight is 569 g/mol. The molecule has 0 aliphatic carbocycles. The Morgan fingerprint density at radius 1 is 0.951 bits per heavy atom. The number of nitrogens with one attached hydrogen (secondary N) is 2. The first kappa shape index (κ1) is 33.1. The third-order valence-corrected chi connectivity index (χ3v) is 6.30. The Hall–Kier alpha value is -4.08. The lowest BCUT2D eigenvalue weighted by atomic mass is 9.99. The minimum Gasteiger partial charge on any atom is -0.497 e. The highest BCUT2D eigenvalue weighted by molar-refractivity contribution is 5.99. The van der Waals surface area contributed by atoms with Gasteiger partial charge in [0.05, 0.1) is 13.5 Å². The third kappa shape index (κ3) is 10.8. The molecular weight excluding hydrogens is 524 g/mol. The minimum absolute atomic E-state index is 0.216. The highest BCUT2D eigenvalue weighted by atomic mass is 16.6. The van der Waals surface area contributed by atoms with Crippen molar-refractivity contribution in [2.24, 2.45) is 5.73 Å². The predicted octanol–water partition coefficient (Wildman–Crippen LogP) is 4.72. The Bertz CT molecular complexity index is 1160. The summed E-state index contributed by atoms with van der Waals surface area (Å²) >= 11 is 0. The molecule has 0 heterocycles. The van der Waals surface area contributed by atoms with Crippen LogP contribution < -0.4 is 21.1 Å². The van der Waals surface area contributed by atoms with Gasteiger partial charge in [-0.3, -0.25) is 14.4 Å². The molecule has 0 aliphatic rings. The van der Waals surface area contributed by atoms with Crippen molar-refractivity contribution in [1.29, 1.82) is 0 Å². The molecule has 0 aliphatic heterocycles. The topological polar surface area (TPSA) is 140 Å². The van der Waals surface area contributed by atoms with Crippen molar-refractivity contribution < 1.29 is 28.7 Å². The highest BCUT2D eigenvalue weighted by Crippen LogP contribution is 2.27. The molecular formula is C31H44N4O6. The zero-order valence-corrected chi connectivity index (χ0v) is 25.0. The lowest BCUT2D eigenvalue weighted by molar-refractivity contribution is -0.142. The second kappa shape index (κ2) is 15.6. The fraction of sp³-hybridized carbons (Fsp3) is 0.484. The molecule has 0 saturated carbocycles. The molecule has 4 N–H and O–H groups in total. The number of rotatable bonds is 14. The number of amides is 4. The summed E-state index contributed by atoms with van der Waals surface area (Å²) in [6, 6.07) is 11.9. The van der Waals surface area contributed by atoms with Crippen molar-refractivity contribution in [3.05, 3.63) is 59.7 Å². The summed E-state index contributed by atoms with van der Waals surface area (Å²) in [7, 11) is 1.55. The lowest BCUT2D eigenvalue weighted by Gasteiger charge is -2.34. The van der Waals surface area contributed by atoms with Crippen LogP contribution in [0.2, 0.25) is 0 Å². The number of methoxy groups -OCH3 is 1. The standard InChI is InChI=1S/C31H44N4O6/c1-7-9-10-19-35(29(38)25(20-26(32)36)34-30(39)41-31(3,4)5)27(22-13-11-21(8-2)12-14-22)28(37)33-23-15-17-24(40-6)18-16-23/h11-18,25,27H,7-10,19-20H2,1-6H3,(H2,32,36)(H,33,37)(H,34,39). The Labute approximate surface area is 242 Å². The molecule has 2 aromatic carbocycles. The van der Waals surface area contributed by atoms with Crippen LogP contribution in [0.3, 0.4) is 0 Å². The number of ether oxygens (including phenoxy) is 2. The Morgan fingerprint density at radius 3 is 2.10 bits per heavy atom. The Balaban J connectivity index is 2.54. The molecule has 0 spiro atoms. The van der Waals surface area contributed by atoms with Gasteiger partial charge < -0.3 is 30.7 Å². The maximum absolute atomic E-state index is 14.1. The molecule has 0 fully saturated rings. The van der Waals surface area contributed by atoms with Crippen molar-refractivity contribution in [2.75, 3.05) is 19.0 Å². The monoisotopic (exact) mass is 568 g/mol. The number of aryl methyl sites for hydroxylation is 1. The van der Waals surface area contributed by atoms with Gasteiger partial charge in [-0.25, -0.2) is 4.79 Å². The van der Waals surface area contributed by atoms with Crippen LogP contribution in [0.25, 0.3) is 0 Å². The van der Waals surface area contributed by atoms with Crippen LogP contribution >= 0.6 is 0 Å². The van der Waals surface area contributed by atoms with Gasteiger partial charge in [-0.05, 0) is 69.0 Å². The predicted molar refractivity (Wildman–Crippen MR) is 158 cm³/mol. The molecule has 4 amide bonds. The highest BCUT2D eigenvalue weighted by Gasteiger charge is 2.37. The molecule has 10 heteroatoms. The van der Waals surface area contributed by atoms with Crippen LogP contribution in [-0.4, -0.2) is 54.0 Å². The van der Waals surface area contributed by atoms with E-state index >= 15 is 0 Å². The van der Waals surface area contributed by atoms with E-state index in [-0.39, 0.29) is 6.54 Å². The summed E-state index contributed by atoms with van der Waals surface area (Å²) in [4.78, 5) is 54.0. The molecule has 0 radical (unpaired) electrons. The van der Waals surface area contributed by atoms with Crippen molar-refractivity contribution in [2.45, 2.75) is 84.4 Å². The molecule has 2 atom stereocenters. The number of hydrogen-bond acceptors (Lipinski definition) is 6. The van der Waals surface area contributed by atoms with Crippen molar-refractivity contribution in [1.82, 2.24) is 10.2 Å². The first-order valence-corrected chi connectivity index (χ1v) is 14.0. The van der Waals surface area contributed by atoms with Gasteiger partial charge in [0.2, 0.25) is 11.8 Å². The zero-order chi connectivity index (χ0) is 30.6. The van der Waals surface area contributed by atoms with Crippen LogP contribution in [0.4, 0.5) is 10.5 Å². The second-order valence-corrected chi connectivity index (χ2v) is 10.8. The first-order valence-electron chi connectivity index (χ1n) is 14.0. The molecule has 2 aromatic rings. The quantitative estimate of drug-likeness (QED) is 0.282. The fourth-order valence-electron chi connectivity index (χ4n) is 4.24. The Kier molecular flexibility index (Phi) is 12.6. The van der Waals surface area contributed by atoms with Crippen molar-refractivity contribution >= 4 is 29.5 Å². The van der Waals surface area contributed by atoms with E-state index in [1.165, 1.54) is 4.90 Å². The van der Waals surface area contributed by atoms with Crippen LogP contribution in [0.15, 0.2) is 48.5 Å². The molecule has 41 heavy (non-hydrogen) atoms. The lowest BCUT2D eigenvalue weighted by Crippen LogP contribution is -2.53. The molecule has 0 aromatic heterocycles. The summed E-state index contributed by atoms with van der Waals surface area (Å²) in [6.07, 6.45) is 1.80. The SMILES string of the molecule is CCCCCN(C(=O)C(CC(N)=O)NC(=O)OC(C)(C)C)C(C(=O)Nc1ccc(OC)cc1)c1ccc(CC)cc1. The normalized spacial score (nSPS) is 12.5. The van der Waals surface area contributed by atoms with Crippen LogP contribution in [0, 0.1) is 0 Å². The maximum atomic E-state index is 14.1. The van der Waals surface area contributed by atoms with Gasteiger partial charge in [-0.2, -0.15) is 0 Å². The van der Waals surface area contributed by atoms with Crippen LogP contribution in [0.1, 0.15) is 77.5 Å². The van der Waals surface area contributed by atoms with Crippen LogP contribution in [0.5, 0.6) is 5.75 Å². The number of carbonyl (C=O) groups is 4. The number of hydrogen-bond donors (Lipinski definition) is 3. The zero-order valence-electron chi connectivity index (χ0n) is 25.0. The Morgan fingerprint density at radius 2 is 1.59 bits per heavy atom. The third-order valence-electron chi connectivity index (χ3n) is 6.30. The van der Waals surface area contributed by atoms with Gasteiger partial charge in [0.1, 0.15) is 23.4 Å². The average Bonchev–Trinajstić information content (AvgIpc) is 2.91. The van der Waals surface area contributed by atoms with E-state index in [1.807, 2.05) is 38.1 Å². The molecule has 10 nitrogen and oxygen atoms in total.